The zero-order valence-corrected chi connectivity index (χ0v) is 15.8. The number of aryl methyl sites for hydroxylation is 2. The summed E-state index contributed by atoms with van der Waals surface area (Å²) in [5, 5.41) is 10.2. The number of aromatic nitrogens is 2. The van der Waals surface area contributed by atoms with E-state index in [4.69, 9.17) is 9.47 Å². The van der Waals surface area contributed by atoms with Crippen molar-refractivity contribution in [3.8, 4) is 5.75 Å². The zero-order valence-electron chi connectivity index (χ0n) is 15.8. The van der Waals surface area contributed by atoms with Crippen LogP contribution in [0.4, 0.5) is 5.69 Å². The van der Waals surface area contributed by atoms with Gasteiger partial charge in [-0.05, 0) is 56.6 Å². The fraction of sp³-hybridized carbons (Fsp3) is 0.524. The Balaban J connectivity index is 1.41. The molecule has 4 rings (SSSR count). The van der Waals surface area contributed by atoms with E-state index in [-0.39, 0.29) is 11.8 Å². The zero-order chi connectivity index (χ0) is 18.6. The molecular weight excluding hydrogens is 342 g/mol. The number of hydrogen-bond acceptors (Lipinski definition) is 4. The lowest BCUT2D eigenvalue weighted by atomic mass is 9.86. The first kappa shape index (κ1) is 18.0. The number of carbonyl (C=O) groups excluding carboxylic acids is 1. The van der Waals surface area contributed by atoms with Gasteiger partial charge in [-0.2, -0.15) is 5.10 Å². The van der Waals surface area contributed by atoms with Crippen LogP contribution >= 0.6 is 0 Å². The molecule has 1 amide bonds. The highest BCUT2D eigenvalue weighted by molar-refractivity contribution is 5.96. The third kappa shape index (κ3) is 4.16. The third-order valence-corrected chi connectivity index (χ3v) is 5.63. The molecule has 2 aromatic rings. The lowest BCUT2D eigenvalue weighted by Crippen LogP contribution is -2.24. The van der Waals surface area contributed by atoms with Crippen molar-refractivity contribution in [1.82, 2.24) is 10.2 Å². The maximum absolute atomic E-state index is 12.8. The van der Waals surface area contributed by atoms with Gasteiger partial charge in [0.05, 0.1) is 18.7 Å². The molecular formula is C21H27N3O3. The van der Waals surface area contributed by atoms with Crippen molar-refractivity contribution in [2.45, 2.75) is 44.9 Å². The van der Waals surface area contributed by atoms with Crippen LogP contribution in [0, 0.1) is 12.8 Å². The first-order valence-corrected chi connectivity index (χ1v) is 9.85. The van der Waals surface area contributed by atoms with Crippen LogP contribution in [0.2, 0.25) is 0 Å². The first-order valence-electron chi connectivity index (χ1n) is 9.85. The van der Waals surface area contributed by atoms with Gasteiger partial charge in [-0.15, -0.1) is 0 Å². The van der Waals surface area contributed by atoms with Gasteiger partial charge in [0.1, 0.15) is 5.75 Å². The second-order valence-electron chi connectivity index (χ2n) is 7.58. The molecule has 0 radical (unpaired) electrons. The SMILES string of the molecule is Cc1ccc(NC(=O)C2CCCc3[nH]ncc32)cc1OCC1CCOCC1. The van der Waals surface area contributed by atoms with Gasteiger partial charge in [0.2, 0.25) is 5.91 Å². The van der Waals surface area contributed by atoms with Gasteiger partial charge in [-0.3, -0.25) is 9.89 Å². The molecule has 0 spiro atoms. The number of aromatic amines is 1. The molecule has 1 aliphatic carbocycles. The Morgan fingerprint density at radius 3 is 3.04 bits per heavy atom. The number of hydrogen-bond donors (Lipinski definition) is 2. The number of ether oxygens (including phenoxy) is 2. The van der Waals surface area contributed by atoms with Crippen LogP contribution in [-0.2, 0) is 16.0 Å². The van der Waals surface area contributed by atoms with Crippen LogP contribution in [-0.4, -0.2) is 35.9 Å². The van der Waals surface area contributed by atoms with E-state index in [1.165, 1.54) is 0 Å². The number of anilines is 1. The Labute approximate surface area is 159 Å². The van der Waals surface area contributed by atoms with Crippen molar-refractivity contribution in [1.29, 1.82) is 0 Å². The molecule has 2 aliphatic rings. The quantitative estimate of drug-likeness (QED) is 0.845. The van der Waals surface area contributed by atoms with E-state index in [0.717, 1.165) is 73.6 Å². The van der Waals surface area contributed by atoms with E-state index < -0.39 is 0 Å². The lowest BCUT2D eigenvalue weighted by Gasteiger charge is -2.23. The van der Waals surface area contributed by atoms with Crippen LogP contribution in [0.5, 0.6) is 5.75 Å². The maximum Gasteiger partial charge on any atom is 0.232 e. The number of amides is 1. The number of benzene rings is 1. The Morgan fingerprint density at radius 2 is 2.19 bits per heavy atom. The van der Waals surface area contributed by atoms with Crippen LogP contribution in [0.25, 0.3) is 0 Å². The molecule has 1 aromatic heterocycles. The molecule has 1 aromatic carbocycles. The number of fused-ring (bicyclic) bond motifs is 1. The summed E-state index contributed by atoms with van der Waals surface area (Å²) < 4.78 is 11.5. The minimum absolute atomic E-state index is 0.0246. The van der Waals surface area contributed by atoms with Gasteiger partial charge in [0.15, 0.2) is 0 Å². The Bertz CT molecular complexity index is 796. The number of rotatable bonds is 5. The van der Waals surface area contributed by atoms with Gasteiger partial charge < -0.3 is 14.8 Å². The highest BCUT2D eigenvalue weighted by Gasteiger charge is 2.28. The fourth-order valence-electron chi connectivity index (χ4n) is 3.92. The Hall–Kier alpha value is -2.34. The number of nitrogens with one attached hydrogen (secondary N) is 2. The summed E-state index contributed by atoms with van der Waals surface area (Å²) in [6.07, 6.45) is 6.70. The van der Waals surface area contributed by atoms with Crippen LogP contribution in [0.3, 0.4) is 0 Å². The molecule has 1 aliphatic heterocycles. The predicted octanol–water partition coefficient (Wildman–Crippen LogP) is 3.58. The van der Waals surface area contributed by atoms with Crippen molar-refractivity contribution in [2.75, 3.05) is 25.1 Å². The topological polar surface area (TPSA) is 76.2 Å². The summed E-state index contributed by atoms with van der Waals surface area (Å²) >= 11 is 0. The predicted molar refractivity (Wildman–Crippen MR) is 103 cm³/mol. The van der Waals surface area contributed by atoms with Gasteiger partial charge >= 0.3 is 0 Å². The van der Waals surface area contributed by atoms with Crippen molar-refractivity contribution in [3.63, 3.8) is 0 Å². The summed E-state index contributed by atoms with van der Waals surface area (Å²) in [6.45, 7) is 4.37. The summed E-state index contributed by atoms with van der Waals surface area (Å²) in [5.41, 5.74) is 3.98. The molecule has 144 valence electrons. The Kier molecular flexibility index (Phi) is 5.43. The van der Waals surface area contributed by atoms with Crippen LogP contribution in [0.1, 0.15) is 48.4 Å². The van der Waals surface area contributed by atoms with E-state index >= 15 is 0 Å². The lowest BCUT2D eigenvalue weighted by molar-refractivity contribution is -0.117. The molecule has 27 heavy (non-hydrogen) atoms. The van der Waals surface area contributed by atoms with E-state index in [1.807, 2.05) is 25.1 Å². The minimum atomic E-state index is -0.139. The van der Waals surface area contributed by atoms with Gasteiger partial charge in [0, 0.05) is 36.2 Å². The number of H-pyrrole nitrogens is 1. The van der Waals surface area contributed by atoms with E-state index in [0.29, 0.717) is 12.5 Å². The van der Waals surface area contributed by atoms with Crippen LogP contribution < -0.4 is 10.1 Å². The van der Waals surface area contributed by atoms with Crippen molar-refractivity contribution >= 4 is 11.6 Å². The second-order valence-corrected chi connectivity index (χ2v) is 7.58. The molecule has 0 bridgehead atoms. The summed E-state index contributed by atoms with van der Waals surface area (Å²) in [7, 11) is 0. The van der Waals surface area contributed by atoms with Crippen molar-refractivity contribution in [3.05, 3.63) is 41.2 Å². The maximum atomic E-state index is 12.8. The van der Waals surface area contributed by atoms with Gasteiger partial charge in [-0.1, -0.05) is 6.07 Å². The average Bonchev–Trinajstić information content (AvgIpc) is 3.18. The van der Waals surface area contributed by atoms with E-state index in [1.54, 1.807) is 6.20 Å². The van der Waals surface area contributed by atoms with Crippen molar-refractivity contribution < 1.29 is 14.3 Å². The normalized spacial score (nSPS) is 20.1. The highest BCUT2D eigenvalue weighted by atomic mass is 16.5. The van der Waals surface area contributed by atoms with Gasteiger partial charge in [0.25, 0.3) is 0 Å². The molecule has 2 heterocycles. The smallest absolute Gasteiger partial charge is 0.232 e. The number of nitrogens with zero attached hydrogens (tertiary/aromatic N) is 1. The van der Waals surface area contributed by atoms with Gasteiger partial charge in [-0.25, -0.2) is 0 Å². The molecule has 1 unspecified atom stereocenters. The summed E-state index contributed by atoms with van der Waals surface area (Å²) in [5.74, 6) is 1.27. The highest BCUT2D eigenvalue weighted by Crippen LogP contribution is 2.32. The second kappa shape index (κ2) is 8.13. The van der Waals surface area contributed by atoms with Crippen LogP contribution in [0.15, 0.2) is 24.4 Å². The minimum Gasteiger partial charge on any atom is -0.493 e. The molecule has 6 nitrogen and oxygen atoms in total. The molecule has 6 heteroatoms. The monoisotopic (exact) mass is 369 g/mol. The average molecular weight is 369 g/mol. The number of carbonyl (C=O) groups is 1. The molecule has 1 atom stereocenters. The van der Waals surface area contributed by atoms with E-state index in [9.17, 15) is 4.79 Å². The standard InChI is InChI=1S/C21H27N3O3/c1-14-5-6-16(11-20(14)27-13-15-7-9-26-10-8-15)23-21(25)17-3-2-4-19-18(17)12-22-24-19/h5-6,11-12,15,17H,2-4,7-10,13H2,1H3,(H,22,24)(H,23,25). The third-order valence-electron chi connectivity index (χ3n) is 5.63. The molecule has 1 saturated heterocycles. The molecule has 2 N–H and O–H groups in total. The Morgan fingerprint density at radius 1 is 1.33 bits per heavy atom. The largest absolute Gasteiger partial charge is 0.493 e. The molecule has 1 fully saturated rings. The fourth-order valence-corrected chi connectivity index (χ4v) is 3.92. The first-order chi connectivity index (χ1) is 13.2. The van der Waals surface area contributed by atoms with E-state index in [2.05, 4.69) is 15.5 Å². The van der Waals surface area contributed by atoms with Crippen molar-refractivity contribution in [2.24, 2.45) is 5.92 Å². The summed E-state index contributed by atoms with van der Waals surface area (Å²) in [4.78, 5) is 12.8. The summed E-state index contributed by atoms with van der Waals surface area (Å²) in [6, 6.07) is 5.87. The molecule has 0 saturated carbocycles.